The summed E-state index contributed by atoms with van der Waals surface area (Å²) in [6, 6.07) is 15.0. The van der Waals surface area contributed by atoms with Crippen LogP contribution in [0.2, 0.25) is 0 Å². The molecule has 4 heteroatoms. The SMILES string of the molecule is Cc1nc(NC(C)c2ccc3ccccc3c2)nc(C(C)C)n1. The number of hydrogen-bond acceptors (Lipinski definition) is 4. The largest absolute Gasteiger partial charge is 0.348 e. The average Bonchev–Trinajstić information content (AvgIpc) is 2.53. The summed E-state index contributed by atoms with van der Waals surface area (Å²) < 4.78 is 0. The second kappa shape index (κ2) is 6.32. The van der Waals surface area contributed by atoms with Gasteiger partial charge in [0.15, 0.2) is 0 Å². The maximum absolute atomic E-state index is 4.53. The van der Waals surface area contributed by atoms with Gasteiger partial charge in [-0.3, -0.25) is 0 Å². The Morgan fingerprint density at radius 2 is 1.61 bits per heavy atom. The quantitative estimate of drug-likeness (QED) is 0.763. The van der Waals surface area contributed by atoms with E-state index < -0.39 is 0 Å². The summed E-state index contributed by atoms with van der Waals surface area (Å²) in [6.07, 6.45) is 0. The van der Waals surface area contributed by atoms with Crippen molar-refractivity contribution in [2.24, 2.45) is 0 Å². The zero-order valence-corrected chi connectivity index (χ0v) is 14.0. The molecule has 0 fully saturated rings. The van der Waals surface area contributed by atoms with Gasteiger partial charge in [0.25, 0.3) is 0 Å². The number of aryl methyl sites for hydroxylation is 1. The van der Waals surface area contributed by atoms with Gasteiger partial charge in [0.1, 0.15) is 11.6 Å². The molecule has 0 saturated heterocycles. The van der Waals surface area contributed by atoms with Gasteiger partial charge >= 0.3 is 0 Å². The Labute approximate surface area is 137 Å². The van der Waals surface area contributed by atoms with Crippen molar-refractivity contribution in [1.29, 1.82) is 0 Å². The standard InChI is InChI=1S/C19H22N4/c1-12(2)18-21-14(4)22-19(23-18)20-13(3)16-10-9-15-7-5-6-8-17(15)11-16/h5-13H,1-4H3,(H,20,21,22,23). The summed E-state index contributed by atoms with van der Waals surface area (Å²) in [5.74, 6) is 2.50. The van der Waals surface area contributed by atoms with E-state index in [1.165, 1.54) is 16.3 Å². The topological polar surface area (TPSA) is 50.7 Å². The zero-order valence-electron chi connectivity index (χ0n) is 14.0. The molecule has 2 aromatic carbocycles. The van der Waals surface area contributed by atoms with E-state index in [2.05, 4.69) is 83.5 Å². The molecule has 0 saturated carbocycles. The van der Waals surface area contributed by atoms with Crippen molar-refractivity contribution in [2.75, 3.05) is 5.32 Å². The van der Waals surface area contributed by atoms with E-state index in [1.807, 2.05) is 6.92 Å². The molecule has 0 amide bonds. The van der Waals surface area contributed by atoms with E-state index >= 15 is 0 Å². The average molecular weight is 306 g/mol. The van der Waals surface area contributed by atoms with Crippen molar-refractivity contribution in [2.45, 2.75) is 39.7 Å². The molecule has 0 aliphatic heterocycles. The van der Waals surface area contributed by atoms with Crippen LogP contribution in [0.1, 0.15) is 49.9 Å². The Balaban J connectivity index is 1.86. The van der Waals surface area contributed by atoms with Crippen molar-refractivity contribution in [1.82, 2.24) is 15.0 Å². The summed E-state index contributed by atoms with van der Waals surface area (Å²) in [5, 5.41) is 5.89. The molecule has 1 unspecified atom stereocenters. The lowest BCUT2D eigenvalue weighted by molar-refractivity contribution is 0.739. The normalized spacial score (nSPS) is 12.6. The molecule has 1 atom stereocenters. The number of rotatable bonds is 4. The fraction of sp³-hybridized carbons (Fsp3) is 0.316. The molecule has 0 aliphatic carbocycles. The van der Waals surface area contributed by atoms with Crippen molar-refractivity contribution in [3.8, 4) is 0 Å². The molecule has 0 spiro atoms. The Morgan fingerprint density at radius 1 is 0.870 bits per heavy atom. The number of anilines is 1. The smallest absolute Gasteiger partial charge is 0.226 e. The number of nitrogens with one attached hydrogen (secondary N) is 1. The number of benzene rings is 2. The lowest BCUT2D eigenvalue weighted by Gasteiger charge is -2.16. The molecule has 1 heterocycles. The van der Waals surface area contributed by atoms with Crippen molar-refractivity contribution in [3.63, 3.8) is 0 Å². The zero-order chi connectivity index (χ0) is 16.4. The first-order chi connectivity index (χ1) is 11.0. The van der Waals surface area contributed by atoms with Crippen LogP contribution in [-0.2, 0) is 0 Å². The fourth-order valence-electron chi connectivity index (χ4n) is 2.58. The minimum Gasteiger partial charge on any atom is -0.348 e. The molecule has 1 N–H and O–H groups in total. The lowest BCUT2D eigenvalue weighted by atomic mass is 10.0. The number of nitrogens with zero attached hydrogens (tertiary/aromatic N) is 3. The summed E-state index contributed by atoms with van der Waals surface area (Å²) in [5.41, 5.74) is 1.22. The van der Waals surface area contributed by atoms with E-state index in [9.17, 15) is 0 Å². The van der Waals surface area contributed by atoms with Gasteiger partial charge in [-0.05, 0) is 36.2 Å². The highest BCUT2D eigenvalue weighted by Gasteiger charge is 2.11. The Hall–Kier alpha value is -2.49. The molecule has 0 bridgehead atoms. The molecule has 3 aromatic rings. The van der Waals surface area contributed by atoms with Crippen LogP contribution in [0.15, 0.2) is 42.5 Å². The summed E-state index contributed by atoms with van der Waals surface area (Å²) >= 11 is 0. The van der Waals surface area contributed by atoms with Gasteiger partial charge in [0.2, 0.25) is 5.95 Å². The van der Waals surface area contributed by atoms with E-state index in [0.29, 0.717) is 5.95 Å². The number of hydrogen-bond donors (Lipinski definition) is 1. The third-order valence-corrected chi connectivity index (χ3v) is 3.90. The van der Waals surface area contributed by atoms with Gasteiger partial charge in [0, 0.05) is 5.92 Å². The monoisotopic (exact) mass is 306 g/mol. The highest BCUT2D eigenvalue weighted by Crippen LogP contribution is 2.22. The lowest BCUT2D eigenvalue weighted by Crippen LogP contribution is -2.13. The van der Waals surface area contributed by atoms with Crippen LogP contribution in [0.5, 0.6) is 0 Å². The molecule has 118 valence electrons. The van der Waals surface area contributed by atoms with Crippen LogP contribution in [0, 0.1) is 6.92 Å². The van der Waals surface area contributed by atoms with Gasteiger partial charge in [-0.15, -0.1) is 0 Å². The van der Waals surface area contributed by atoms with Gasteiger partial charge in [-0.2, -0.15) is 9.97 Å². The van der Waals surface area contributed by atoms with Gasteiger partial charge in [-0.25, -0.2) is 4.98 Å². The third-order valence-electron chi connectivity index (χ3n) is 3.90. The van der Waals surface area contributed by atoms with E-state index in [0.717, 1.165) is 11.6 Å². The molecular formula is C19H22N4. The number of fused-ring (bicyclic) bond motifs is 1. The highest BCUT2D eigenvalue weighted by atomic mass is 15.2. The van der Waals surface area contributed by atoms with Crippen LogP contribution in [0.3, 0.4) is 0 Å². The van der Waals surface area contributed by atoms with Crippen LogP contribution in [0.4, 0.5) is 5.95 Å². The van der Waals surface area contributed by atoms with Gasteiger partial charge in [-0.1, -0.05) is 50.2 Å². The van der Waals surface area contributed by atoms with Crippen molar-refractivity contribution < 1.29 is 0 Å². The molecular weight excluding hydrogens is 284 g/mol. The summed E-state index contributed by atoms with van der Waals surface area (Å²) in [7, 11) is 0. The van der Waals surface area contributed by atoms with Crippen LogP contribution in [0.25, 0.3) is 10.8 Å². The molecule has 3 rings (SSSR count). The molecule has 0 radical (unpaired) electrons. The first-order valence-corrected chi connectivity index (χ1v) is 8.01. The van der Waals surface area contributed by atoms with Gasteiger partial charge < -0.3 is 5.32 Å². The van der Waals surface area contributed by atoms with Crippen LogP contribution >= 0.6 is 0 Å². The third kappa shape index (κ3) is 3.47. The van der Waals surface area contributed by atoms with E-state index in [1.54, 1.807) is 0 Å². The minimum atomic E-state index is 0.126. The Morgan fingerprint density at radius 3 is 2.35 bits per heavy atom. The van der Waals surface area contributed by atoms with Crippen LogP contribution < -0.4 is 5.32 Å². The molecule has 1 aromatic heterocycles. The molecule has 23 heavy (non-hydrogen) atoms. The Bertz CT molecular complexity index is 826. The van der Waals surface area contributed by atoms with Crippen molar-refractivity contribution >= 4 is 16.7 Å². The second-order valence-electron chi connectivity index (χ2n) is 6.19. The predicted octanol–water partition coefficient (Wildman–Crippen LogP) is 4.63. The van der Waals surface area contributed by atoms with E-state index in [4.69, 9.17) is 0 Å². The molecule has 4 nitrogen and oxygen atoms in total. The molecule has 0 aliphatic rings. The van der Waals surface area contributed by atoms with Crippen molar-refractivity contribution in [3.05, 3.63) is 59.7 Å². The Kier molecular flexibility index (Phi) is 4.24. The van der Waals surface area contributed by atoms with Gasteiger partial charge in [0.05, 0.1) is 6.04 Å². The highest BCUT2D eigenvalue weighted by molar-refractivity contribution is 5.83. The maximum atomic E-state index is 4.53. The first-order valence-electron chi connectivity index (χ1n) is 8.01. The predicted molar refractivity (Wildman–Crippen MR) is 94.6 cm³/mol. The summed E-state index contributed by atoms with van der Waals surface area (Å²) in [6.45, 7) is 8.20. The summed E-state index contributed by atoms with van der Waals surface area (Å²) in [4.78, 5) is 13.3. The number of aromatic nitrogens is 3. The minimum absolute atomic E-state index is 0.126. The fourth-order valence-corrected chi connectivity index (χ4v) is 2.58. The first kappa shape index (κ1) is 15.4. The maximum Gasteiger partial charge on any atom is 0.226 e. The second-order valence-corrected chi connectivity index (χ2v) is 6.19. The van der Waals surface area contributed by atoms with E-state index in [-0.39, 0.29) is 12.0 Å². The van der Waals surface area contributed by atoms with Crippen LogP contribution in [-0.4, -0.2) is 15.0 Å².